The molecule has 0 bridgehead atoms. The second-order valence-electron chi connectivity index (χ2n) is 10.4. The van der Waals surface area contributed by atoms with Crippen molar-refractivity contribution in [2.75, 3.05) is 0 Å². The van der Waals surface area contributed by atoms with Crippen molar-refractivity contribution in [1.29, 1.82) is 0 Å². The van der Waals surface area contributed by atoms with Crippen LogP contribution in [-0.2, 0) is 0 Å². The summed E-state index contributed by atoms with van der Waals surface area (Å²) in [6.45, 7) is 4.50. The van der Waals surface area contributed by atoms with Gasteiger partial charge in [-0.15, -0.1) is 0 Å². The maximum Gasteiger partial charge on any atom is 0.180 e. The summed E-state index contributed by atoms with van der Waals surface area (Å²) in [7, 11) is -2.56. The first-order valence-electron chi connectivity index (χ1n) is 13.4. The molecule has 0 radical (unpaired) electrons. The number of benzene rings is 4. The summed E-state index contributed by atoms with van der Waals surface area (Å²) in [6.07, 6.45) is 7.53. The first-order valence-corrected chi connectivity index (χ1v) is 15.4. The molecule has 6 aromatic rings. The van der Waals surface area contributed by atoms with E-state index in [1.54, 1.807) is 0 Å². The van der Waals surface area contributed by atoms with E-state index in [4.69, 9.17) is 0 Å². The van der Waals surface area contributed by atoms with Gasteiger partial charge in [0.2, 0.25) is 0 Å². The summed E-state index contributed by atoms with van der Waals surface area (Å²) in [4.78, 5) is 8.54. The van der Waals surface area contributed by atoms with Crippen LogP contribution in [0.5, 0.6) is 0 Å². The van der Waals surface area contributed by atoms with Gasteiger partial charge < -0.3 is 0 Å². The van der Waals surface area contributed by atoms with E-state index < -0.39 is 8.07 Å². The fraction of sp³-hybridized carbons (Fsp3) is 0.0556. The molecule has 0 fully saturated rings. The maximum atomic E-state index is 4.27. The van der Waals surface area contributed by atoms with Gasteiger partial charge in [-0.2, -0.15) is 0 Å². The van der Waals surface area contributed by atoms with E-state index in [-0.39, 0.29) is 0 Å². The number of pyridine rings is 2. The normalized spacial score (nSPS) is 13.1. The Bertz CT molecular complexity index is 1660. The Morgan fingerprint density at radius 2 is 0.821 bits per heavy atom. The van der Waals surface area contributed by atoms with E-state index in [0.717, 1.165) is 0 Å². The van der Waals surface area contributed by atoms with E-state index in [1.807, 2.05) is 24.8 Å². The lowest BCUT2D eigenvalue weighted by molar-refractivity contribution is 1.32. The highest BCUT2D eigenvalue weighted by Crippen LogP contribution is 2.37. The van der Waals surface area contributed by atoms with Crippen molar-refractivity contribution in [3.8, 4) is 33.4 Å². The largest absolute Gasteiger partial charge is 0.265 e. The van der Waals surface area contributed by atoms with E-state index in [1.165, 1.54) is 65.3 Å². The van der Waals surface area contributed by atoms with Crippen LogP contribution in [-0.4, -0.2) is 18.0 Å². The first-order chi connectivity index (χ1) is 19.2. The fourth-order valence-corrected chi connectivity index (χ4v) is 11.8. The van der Waals surface area contributed by atoms with Gasteiger partial charge in [-0.25, -0.2) is 0 Å². The molecular weight excluding hydrogens is 488 g/mol. The zero-order valence-corrected chi connectivity index (χ0v) is 23.1. The minimum atomic E-state index is -2.56. The van der Waals surface area contributed by atoms with Gasteiger partial charge in [-0.3, -0.25) is 9.97 Å². The average Bonchev–Trinajstić information content (AvgIpc) is 3.26. The highest BCUT2D eigenvalue weighted by Gasteiger charge is 2.49. The standard InChI is InChI=1S/C36H28N2Si/c1-25-21-35-33(23-31(25)27-13-17-37-18-14-27)34-24-32(28-15-19-38-20-16-28)26(2)22-36(34)39(35,29-9-5-3-6-10-29)30-11-7-4-8-12-30/h3-24H,1-2H3. The van der Waals surface area contributed by atoms with Crippen LogP contribution in [0.1, 0.15) is 11.1 Å². The number of hydrogen-bond acceptors (Lipinski definition) is 2. The quantitative estimate of drug-likeness (QED) is 0.277. The minimum Gasteiger partial charge on any atom is -0.265 e. The Hall–Kier alpha value is -4.60. The maximum absolute atomic E-state index is 4.27. The van der Waals surface area contributed by atoms with Crippen molar-refractivity contribution in [2.24, 2.45) is 0 Å². The van der Waals surface area contributed by atoms with Crippen LogP contribution in [0.4, 0.5) is 0 Å². The van der Waals surface area contributed by atoms with Gasteiger partial charge in [0, 0.05) is 24.8 Å². The molecule has 0 N–H and O–H groups in total. The van der Waals surface area contributed by atoms with Gasteiger partial charge >= 0.3 is 0 Å². The van der Waals surface area contributed by atoms with Crippen molar-refractivity contribution in [3.05, 3.63) is 145 Å². The number of fused-ring (bicyclic) bond motifs is 3. The molecule has 0 saturated carbocycles. The second kappa shape index (κ2) is 9.30. The number of aryl methyl sites for hydroxylation is 2. The third kappa shape index (κ3) is 3.62. The van der Waals surface area contributed by atoms with Crippen molar-refractivity contribution in [2.45, 2.75) is 13.8 Å². The molecule has 1 aliphatic rings. The predicted octanol–water partition coefficient (Wildman–Crippen LogP) is 5.79. The number of hydrogen-bond donors (Lipinski definition) is 0. The highest BCUT2D eigenvalue weighted by molar-refractivity contribution is 7.22. The lowest BCUT2D eigenvalue weighted by atomic mass is 9.92. The lowest BCUT2D eigenvalue weighted by Crippen LogP contribution is -2.72. The summed E-state index contributed by atoms with van der Waals surface area (Å²) in [5.41, 5.74) is 10.2. The molecule has 0 aliphatic carbocycles. The monoisotopic (exact) mass is 516 g/mol. The molecular formula is C36H28N2Si. The van der Waals surface area contributed by atoms with Crippen LogP contribution in [0.2, 0.25) is 0 Å². The molecule has 3 heteroatoms. The summed E-state index contributed by atoms with van der Waals surface area (Å²) >= 11 is 0. The molecule has 7 rings (SSSR count). The van der Waals surface area contributed by atoms with Crippen LogP contribution < -0.4 is 20.7 Å². The van der Waals surface area contributed by atoms with Gasteiger partial charge in [0.05, 0.1) is 0 Å². The Balaban J connectivity index is 1.62. The van der Waals surface area contributed by atoms with Crippen molar-refractivity contribution in [3.63, 3.8) is 0 Å². The van der Waals surface area contributed by atoms with Crippen molar-refractivity contribution < 1.29 is 0 Å². The Kier molecular flexibility index (Phi) is 5.61. The zero-order chi connectivity index (χ0) is 26.4. The van der Waals surface area contributed by atoms with E-state index >= 15 is 0 Å². The highest BCUT2D eigenvalue weighted by atomic mass is 28.3. The molecule has 186 valence electrons. The van der Waals surface area contributed by atoms with Crippen molar-refractivity contribution >= 4 is 28.8 Å². The van der Waals surface area contributed by atoms with Gasteiger partial charge in [0.25, 0.3) is 0 Å². The molecule has 3 heterocycles. The molecule has 39 heavy (non-hydrogen) atoms. The van der Waals surface area contributed by atoms with Gasteiger partial charge in [-0.05, 0) is 116 Å². The van der Waals surface area contributed by atoms with Gasteiger partial charge in [0.1, 0.15) is 0 Å². The number of nitrogens with zero attached hydrogens (tertiary/aromatic N) is 2. The first kappa shape index (κ1) is 23.5. The predicted molar refractivity (Wildman–Crippen MR) is 165 cm³/mol. The SMILES string of the molecule is Cc1cc2c(cc1-c1ccncc1)-c1cc(-c3ccncc3)c(C)cc1[Si]2(c1ccccc1)c1ccccc1. The van der Waals surface area contributed by atoms with Crippen LogP contribution in [0.25, 0.3) is 33.4 Å². The van der Waals surface area contributed by atoms with Gasteiger partial charge in [0.15, 0.2) is 8.07 Å². The lowest BCUT2D eigenvalue weighted by Gasteiger charge is -2.32. The van der Waals surface area contributed by atoms with E-state index in [9.17, 15) is 0 Å². The number of rotatable bonds is 4. The van der Waals surface area contributed by atoms with Crippen molar-refractivity contribution in [1.82, 2.24) is 9.97 Å². The third-order valence-corrected chi connectivity index (χ3v) is 13.1. The topological polar surface area (TPSA) is 25.8 Å². The molecule has 0 spiro atoms. The van der Waals surface area contributed by atoms with E-state index in [0.29, 0.717) is 0 Å². The molecule has 1 aliphatic heterocycles. The summed E-state index contributed by atoms with van der Waals surface area (Å²) in [5, 5.41) is 5.78. The second-order valence-corrected chi connectivity index (χ2v) is 14.1. The Morgan fingerprint density at radius 3 is 1.21 bits per heavy atom. The van der Waals surface area contributed by atoms with Crippen LogP contribution in [0, 0.1) is 13.8 Å². The molecule has 0 unspecified atom stereocenters. The molecule has 0 amide bonds. The number of aromatic nitrogens is 2. The summed E-state index contributed by atoms with van der Waals surface area (Å²) < 4.78 is 0. The zero-order valence-electron chi connectivity index (χ0n) is 22.1. The Morgan fingerprint density at radius 1 is 0.436 bits per heavy atom. The fourth-order valence-electron chi connectivity index (χ4n) is 6.48. The van der Waals surface area contributed by atoms with Crippen LogP contribution in [0.15, 0.2) is 134 Å². The van der Waals surface area contributed by atoms with E-state index in [2.05, 4.69) is 133 Å². The molecule has 2 nitrogen and oxygen atoms in total. The smallest absolute Gasteiger partial charge is 0.180 e. The Labute approximate surface area is 230 Å². The molecule has 0 saturated heterocycles. The minimum absolute atomic E-state index is 1.20. The van der Waals surface area contributed by atoms with Crippen LogP contribution >= 0.6 is 0 Å². The molecule has 2 aromatic heterocycles. The summed E-state index contributed by atoms with van der Waals surface area (Å²) in [6, 6.07) is 40.7. The molecule has 4 aromatic carbocycles. The molecule has 0 atom stereocenters. The summed E-state index contributed by atoms with van der Waals surface area (Å²) in [5.74, 6) is 0. The van der Waals surface area contributed by atoms with Crippen LogP contribution in [0.3, 0.4) is 0 Å². The third-order valence-electron chi connectivity index (χ3n) is 8.22. The average molecular weight is 517 g/mol. The van der Waals surface area contributed by atoms with Gasteiger partial charge in [-0.1, -0.05) is 72.8 Å².